The van der Waals surface area contributed by atoms with Crippen molar-refractivity contribution in [1.29, 1.82) is 0 Å². The number of sulfonamides is 1. The summed E-state index contributed by atoms with van der Waals surface area (Å²) in [5.41, 5.74) is 1.41. The molecule has 1 amide bonds. The molecular weight excluding hydrogens is 480 g/mol. The van der Waals surface area contributed by atoms with E-state index in [1.807, 2.05) is 43.3 Å². The summed E-state index contributed by atoms with van der Waals surface area (Å²) >= 11 is 3.37. The van der Waals surface area contributed by atoms with Crippen LogP contribution in [-0.2, 0) is 21.2 Å². The van der Waals surface area contributed by atoms with E-state index in [-0.39, 0.29) is 11.3 Å². The van der Waals surface area contributed by atoms with Crippen LogP contribution in [0.15, 0.2) is 88.2 Å². The van der Waals surface area contributed by atoms with E-state index >= 15 is 0 Å². The summed E-state index contributed by atoms with van der Waals surface area (Å²) in [4.78, 5) is 13.1. The Balaban J connectivity index is 1.83. The summed E-state index contributed by atoms with van der Waals surface area (Å²) in [5, 5.41) is 2.79. The van der Waals surface area contributed by atoms with E-state index < -0.39 is 22.0 Å². The topological polar surface area (TPSA) is 84.5 Å². The summed E-state index contributed by atoms with van der Waals surface area (Å²) in [6.07, 6.45) is 0.205. The predicted molar refractivity (Wildman–Crippen MR) is 125 cm³/mol. The zero-order chi connectivity index (χ0) is 22.3. The van der Waals surface area contributed by atoms with Gasteiger partial charge < -0.3 is 10.1 Å². The maximum atomic E-state index is 13.0. The van der Waals surface area contributed by atoms with Gasteiger partial charge in [0, 0.05) is 10.2 Å². The fraction of sp³-hybridized carbons (Fsp3) is 0.174. The highest BCUT2D eigenvalue weighted by Crippen LogP contribution is 2.19. The van der Waals surface area contributed by atoms with Crippen LogP contribution in [0.3, 0.4) is 0 Å². The van der Waals surface area contributed by atoms with Crippen LogP contribution in [0.1, 0.15) is 12.5 Å². The molecule has 0 saturated heterocycles. The Bertz CT molecular complexity index is 1120. The Labute approximate surface area is 190 Å². The fourth-order valence-corrected chi connectivity index (χ4v) is 4.56. The van der Waals surface area contributed by atoms with Gasteiger partial charge in [-0.25, -0.2) is 8.42 Å². The van der Waals surface area contributed by atoms with Gasteiger partial charge in [0.1, 0.15) is 11.8 Å². The number of amides is 1. The molecular formula is C23H23BrN2O4S. The molecule has 1 atom stereocenters. The van der Waals surface area contributed by atoms with E-state index in [0.717, 1.165) is 10.0 Å². The van der Waals surface area contributed by atoms with Crippen LogP contribution >= 0.6 is 15.9 Å². The lowest BCUT2D eigenvalue weighted by Gasteiger charge is -2.19. The lowest BCUT2D eigenvalue weighted by Crippen LogP contribution is -2.45. The molecule has 3 aromatic carbocycles. The molecule has 0 spiro atoms. The van der Waals surface area contributed by atoms with Gasteiger partial charge in [0.2, 0.25) is 15.9 Å². The number of hydrogen-bond acceptors (Lipinski definition) is 4. The smallest absolute Gasteiger partial charge is 0.242 e. The number of carbonyl (C=O) groups is 1. The molecule has 0 fully saturated rings. The quantitative estimate of drug-likeness (QED) is 0.454. The van der Waals surface area contributed by atoms with Gasteiger partial charge in [-0.15, -0.1) is 0 Å². The largest absolute Gasteiger partial charge is 0.494 e. The average Bonchev–Trinajstić information content (AvgIpc) is 2.74. The highest BCUT2D eigenvalue weighted by Gasteiger charge is 2.26. The summed E-state index contributed by atoms with van der Waals surface area (Å²) in [6.45, 7) is 2.34. The number of halogens is 1. The molecule has 0 saturated carbocycles. The molecule has 0 radical (unpaired) electrons. The van der Waals surface area contributed by atoms with Crippen molar-refractivity contribution in [2.75, 3.05) is 11.9 Å². The molecule has 0 unspecified atom stereocenters. The summed E-state index contributed by atoms with van der Waals surface area (Å²) in [7, 11) is -3.93. The van der Waals surface area contributed by atoms with Crippen molar-refractivity contribution in [1.82, 2.24) is 4.72 Å². The third kappa shape index (κ3) is 6.65. The van der Waals surface area contributed by atoms with Gasteiger partial charge in [0.05, 0.1) is 11.5 Å². The third-order valence-electron chi connectivity index (χ3n) is 4.43. The van der Waals surface area contributed by atoms with E-state index in [1.54, 1.807) is 30.3 Å². The fourth-order valence-electron chi connectivity index (χ4n) is 2.97. The van der Waals surface area contributed by atoms with Gasteiger partial charge in [-0.05, 0) is 61.4 Å². The summed E-state index contributed by atoms with van der Waals surface area (Å²) in [5.74, 6) is 0.131. The minimum Gasteiger partial charge on any atom is -0.494 e. The predicted octanol–water partition coefficient (Wildman–Crippen LogP) is 4.38. The number of hydrogen-bond donors (Lipinski definition) is 2. The minimum atomic E-state index is -3.93. The Morgan fingerprint density at radius 1 is 1.00 bits per heavy atom. The molecule has 162 valence electrons. The van der Waals surface area contributed by atoms with Crippen LogP contribution in [0.2, 0.25) is 0 Å². The van der Waals surface area contributed by atoms with Gasteiger partial charge in [0.25, 0.3) is 0 Å². The molecule has 3 rings (SSSR count). The number of anilines is 1. The normalized spacial score (nSPS) is 12.2. The molecule has 3 aromatic rings. The number of ether oxygens (including phenoxy) is 1. The first kappa shape index (κ1) is 23.0. The maximum Gasteiger partial charge on any atom is 0.242 e. The SMILES string of the molecule is CCOc1ccc(S(=O)(=O)N[C@H](Cc2ccccc2)C(=O)Nc2cccc(Br)c2)cc1. The standard InChI is InChI=1S/C23H23BrN2O4S/c1-2-30-20-11-13-21(14-12-20)31(28,29)26-22(15-17-7-4-3-5-8-17)23(27)25-19-10-6-9-18(24)16-19/h3-14,16,22,26H,2,15H2,1H3,(H,25,27)/t22-/m1/s1. The third-order valence-corrected chi connectivity index (χ3v) is 6.41. The Morgan fingerprint density at radius 2 is 1.71 bits per heavy atom. The molecule has 31 heavy (non-hydrogen) atoms. The second-order valence-electron chi connectivity index (χ2n) is 6.77. The Kier molecular flexibility index (Phi) is 7.84. The maximum absolute atomic E-state index is 13.0. The van der Waals surface area contributed by atoms with Crippen molar-refractivity contribution in [3.8, 4) is 5.75 Å². The Morgan fingerprint density at radius 3 is 2.35 bits per heavy atom. The van der Waals surface area contributed by atoms with Crippen molar-refractivity contribution in [2.24, 2.45) is 0 Å². The van der Waals surface area contributed by atoms with Crippen molar-refractivity contribution < 1.29 is 17.9 Å². The highest BCUT2D eigenvalue weighted by molar-refractivity contribution is 9.10. The number of benzene rings is 3. The van der Waals surface area contributed by atoms with Gasteiger partial charge in [-0.3, -0.25) is 4.79 Å². The van der Waals surface area contributed by atoms with Crippen LogP contribution in [0, 0.1) is 0 Å². The van der Waals surface area contributed by atoms with Crippen LogP contribution in [-0.4, -0.2) is 27.0 Å². The van der Waals surface area contributed by atoms with Gasteiger partial charge in [0.15, 0.2) is 0 Å². The second-order valence-corrected chi connectivity index (χ2v) is 9.40. The van der Waals surface area contributed by atoms with E-state index in [0.29, 0.717) is 18.0 Å². The van der Waals surface area contributed by atoms with Crippen molar-refractivity contribution in [2.45, 2.75) is 24.3 Å². The summed E-state index contributed by atoms with van der Waals surface area (Å²) < 4.78 is 34.7. The second kappa shape index (κ2) is 10.6. The van der Waals surface area contributed by atoms with Crippen LogP contribution < -0.4 is 14.8 Å². The van der Waals surface area contributed by atoms with Crippen molar-refractivity contribution in [3.63, 3.8) is 0 Å². The van der Waals surface area contributed by atoms with Crippen molar-refractivity contribution >= 4 is 37.5 Å². The highest BCUT2D eigenvalue weighted by atomic mass is 79.9. The first-order valence-corrected chi connectivity index (χ1v) is 12.0. The van der Waals surface area contributed by atoms with Gasteiger partial charge in [-0.1, -0.05) is 52.3 Å². The zero-order valence-electron chi connectivity index (χ0n) is 16.9. The van der Waals surface area contributed by atoms with E-state index in [1.165, 1.54) is 12.1 Å². The molecule has 0 heterocycles. The Hall–Kier alpha value is -2.68. The minimum absolute atomic E-state index is 0.0595. The average molecular weight is 503 g/mol. The molecule has 8 heteroatoms. The monoisotopic (exact) mass is 502 g/mol. The van der Waals surface area contributed by atoms with E-state index in [4.69, 9.17) is 4.74 Å². The van der Waals surface area contributed by atoms with Crippen LogP contribution in [0.5, 0.6) is 5.75 Å². The first-order valence-electron chi connectivity index (χ1n) is 9.73. The molecule has 0 bridgehead atoms. The van der Waals surface area contributed by atoms with Crippen molar-refractivity contribution in [3.05, 3.63) is 88.9 Å². The van der Waals surface area contributed by atoms with Gasteiger partial charge in [-0.2, -0.15) is 4.72 Å². The summed E-state index contributed by atoms with van der Waals surface area (Å²) in [6, 6.07) is 21.5. The number of rotatable bonds is 9. The van der Waals surface area contributed by atoms with Crippen LogP contribution in [0.4, 0.5) is 5.69 Å². The molecule has 0 aromatic heterocycles. The molecule has 6 nitrogen and oxygen atoms in total. The molecule has 0 aliphatic carbocycles. The number of carbonyl (C=O) groups excluding carboxylic acids is 1. The lowest BCUT2D eigenvalue weighted by atomic mass is 10.1. The van der Waals surface area contributed by atoms with Gasteiger partial charge >= 0.3 is 0 Å². The lowest BCUT2D eigenvalue weighted by molar-refractivity contribution is -0.117. The van der Waals surface area contributed by atoms with E-state index in [2.05, 4.69) is 26.0 Å². The molecule has 0 aliphatic heterocycles. The van der Waals surface area contributed by atoms with E-state index in [9.17, 15) is 13.2 Å². The van der Waals surface area contributed by atoms with Crippen LogP contribution in [0.25, 0.3) is 0 Å². The first-order chi connectivity index (χ1) is 14.9. The zero-order valence-corrected chi connectivity index (χ0v) is 19.3. The molecule has 2 N–H and O–H groups in total. The number of nitrogens with one attached hydrogen (secondary N) is 2. The molecule has 0 aliphatic rings.